The van der Waals surface area contributed by atoms with Crippen LogP contribution in [0.3, 0.4) is 0 Å². The van der Waals surface area contributed by atoms with E-state index < -0.39 is 110 Å². The van der Waals surface area contributed by atoms with E-state index in [1.807, 2.05) is 0 Å². The third kappa shape index (κ3) is 8.32. The minimum Gasteiger partial charge on any atom is -0.547 e. The van der Waals surface area contributed by atoms with Crippen LogP contribution in [0.25, 0.3) is 0 Å². The molecule has 2 fully saturated rings. The minimum atomic E-state index is -2.18. The first kappa shape index (κ1) is 37.5. The first-order valence-corrected chi connectivity index (χ1v) is 11.2. The van der Waals surface area contributed by atoms with Crippen LogP contribution in [0.2, 0.25) is 0 Å². The Balaban J connectivity index is 0.00000400. The van der Waals surface area contributed by atoms with Crippen LogP contribution in [0.5, 0.6) is 0 Å². The summed E-state index contributed by atoms with van der Waals surface area (Å²) in [5, 5.41) is 95.6. The van der Waals surface area contributed by atoms with Gasteiger partial charge in [-0.2, -0.15) is 0 Å². The number of carboxylic acid groups (broad SMARTS) is 2. The molecule has 2 saturated heterocycles. The maximum Gasteiger partial charge on any atom is 1.00 e. The number of aliphatic hydroxyl groups is 7. The van der Waals surface area contributed by atoms with Crippen molar-refractivity contribution in [1.82, 2.24) is 5.32 Å². The van der Waals surface area contributed by atoms with E-state index in [4.69, 9.17) is 23.7 Å². The van der Waals surface area contributed by atoms with Gasteiger partial charge in [0.15, 0.2) is 12.6 Å². The molecule has 0 bridgehead atoms. The van der Waals surface area contributed by atoms with Crippen LogP contribution >= 0.6 is 0 Å². The SMILES string of the molecule is CC(=O)N[C@H]1[C@H](O[C@H]2[C@H](O)[C@@H](O)[C@H](O)O[C@@H]2C(=O)[O-])O[C@H](CO)[C@@H](O)[C@@H]1O[C@@H]1OC(C(=O)[O-])=C[C@H](O)[C@H]1O.[Na+].[Na+]. The van der Waals surface area contributed by atoms with Crippen molar-refractivity contribution in [3.05, 3.63) is 11.8 Å². The summed E-state index contributed by atoms with van der Waals surface area (Å²) in [7, 11) is 0. The third-order valence-corrected chi connectivity index (χ3v) is 6.00. The second-order valence-electron chi connectivity index (χ2n) is 8.68. The predicted octanol–water partition coefficient (Wildman–Crippen LogP) is -14.8. The first-order chi connectivity index (χ1) is 17.8. The summed E-state index contributed by atoms with van der Waals surface area (Å²) in [4.78, 5) is 34.7. The van der Waals surface area contributed by atoms with E-state index in [-0.39, 0.29) is 59.1 Å². The fourth-order valence-corrected chi connectivity index (χ4v) is 4.11. The van der Waals surface area contributed by atoms with Gasteiger partial charge in [-0.3, -0.25) is 4.79 Å². The van der Waals surface area contributed by atoms with E-state index in [1.165, 1.54) is 0 Å². The van der Waals surface area contributed by atoms with Gasteiger partial charge in [0.2, 0.25) is 12.2 Å². The zero-order valence-corrected chi connectivity index (χ0v) is 25.5. The number of hydrogen-bond acceptors (Lipinski definition) is 17. The summed E-state index contributed by atoms with van der Waals surface area (Å²) in [6, 6.07) is -1.66. The molecule has 3 aliphatic heterocycles. The molecule has 1 amide bonds. The van der Waals surface area contributed by atoms with E-state index in [2.05, 4.69) is 5.32 Å². The Labute approximate surface area is 270 Å². The summed E-state index contributed by atoms with van der Waals surface area (Å²) < 4.78 is 26.1. The predicted molar refractivity (Wildman–Crippen MR) is 107 cm³/mol. The summed E-state index contributed by atoms with van der Waals surface area (Å²) in [6.45, 7) is 0.0808. The number of carbonyl (C=O) groups is 3. The molecule has 20 heteroatoms. The number of hydrogen-bond donors (Lipinski definition) is 8. The van der Waals surface area contributed by atoms with Gasteiger partial charge < -0.3 is 84.5 Å². The molecule has 3 aliphatic rings. The van der Waals surface area contributed by atoms with Gasteiger partial charge in [-0.15, -0.1) is 0 Å². The normalized spacial score (nSPS) is 41.3. The Kier molecular flexibility index (Phi) is 14.9. The van der Waals surface area contributed by atoms with Crippen molar-refractivity contribution in [2.24, 2.45) is 0 Å². The van der Waals surface area contributed by atoms with E-state index in [1.54, 1.807) is 0 Å². The molecule has 216 valence electrons. The van der Waals surface area contributed by atoms with Crippen molar-refractivity contribution in [2.75, 3.05) is 6.61 Å². The van der Waals surface area contributed by atoms with E-state index in [0.29, 0.717) is 6.08 Å². The van der Waals surface area contributed by atoms with Crippen molar-refractivity contribution < 1.29 is 143 Å². The van der Waals surface area contributed by atoms with Gasteiger partial charge in [-0.05, 0) is 6.08 Å². The summed E-state index contributed by atoms with van der Waals surface area (Å²) in [5.74, 6) is -5.59. The Morgan fingerprint density at radius 2 is 1.50 bits per heavy atom. The summed E-state index contributed by atoms with van der Waals surface area (Å²) in [5.41, 5.74) is 0. The number of aliphatic hydroxyl groups excluding tert-OH is 7. The van der Waals surface area contributed by atoms with Gasteiger partial charge in [-0.25, -0.2) is 0 Å². The number of rotatable bonds is 8. The van der Waals surface area contributed by atoms with Gasteiger partial charge in [0.05, 0.1) is 12.6 Å². The van der Waals surface area contributed by atoms with Crippen LogP contribution in [0.15, 0.2) is 11.8 Å². The average molecular weight is 599 g/mol. The number of aliphatic carboxylic acids is 2. The van der Waals surface area contributed by atoms with Crippen LogP contribution in [0, 0.1) is 0 Å². The van der Waals surface area contributed by atoms with Crippen molar-refractivity contribution in [2.45, 2.75) is 86.8 Å². The van der Waals surface area contributed by atoms with Crippen molar-refractivity contribution in [3.63, 3.8) is 0 Å². The molecule has 0 spiro atoms. The molecule has 40 heavy (non-hydrogen) atoms. The van der Waals surface area contributed by atoms with Gasteiger partial charge in [0, 0.05) is 6.92 Å². The third-order valence-electron chi connectivity index (χ3n) is 6.00. The number of carbonyl (C=O) groups excluding carboxylic acids is 3. The Morgan fingerprint density at radius 3 is 2.02 bits per heavy atom. The second kappa shape index (κ2) is 15.8. The number of nitrogens with one attached hydrogen (secondary N) is 1. The molecule has 0 saturated carbocycles. The van der Waals surface area contributed by atoms with Crippen LogP contribution in [0.1, 0.15) is 6.92 Å². The molecular weight excluding hydrogens is 572 g/mol. The molecule has 0 aromatic rings. The maximum atomic E-state index is 12.0. The zero-order valence-electron chi connectivity index (χ0n) is 21.5. The van der Waals surface area contributed by atoms with Crippen molar-refractivity contribution in [3.8, 4) is 0 Å². The zero-order chi connectivity index (χ0) is 28.5. The van der Waals surface area contributed by atoms with E-state index in [9.17, 15) is 60.3 Å². The molecule has 3 rings (SSSR count). The van der Waals surface area contributed by atoms with Gasteiger partial charge in [0.1, 0.15) is 72.7 Å². The van der Waals surface area contributed by atoms with E-state index >= 15 is 0 Å². The van der Waals surface area contributed by atoms with Crippen molar-refractivity contribution >= 4 is 17.8 Å². The van der Waals surface area contributed by atoms with Crippen LogP contribution < -0.4 is 74.6 Å². The van der Waals surface area contributed by atoms with Gasteiger partial charge in [-0.1, -0.05) is 0 Å². The fraction of sp³-hybridized carbons (Fsp3) is 0.750. The standard InChI is InChI=1S/C20H29NO17.2Na/c1-4(23)21-8-13(37-20-9(25)5(24)2-6(34-20)16(29)30)10(26)7(3-22)35-19(8)38-14-11(27)12(28)18(33)36-15(14)17(31)32;;/h2,5,7-15,18-20,22,24-28,33H,3H2,1H3,(H,21,23)(H,29,30)(H,31,32);;/q;2*+1/p-2/t5-,7+,8+,9+,10+,11+,12+,13+,14-,15-,18+,19-,20-;;/m0../s1. The first-order valence-electron chi connectivity index (χ1n) is 11.2. The Morgan fingerprint density at radius 1 is 0.900 bits per heavy atom. The Hall–Kier alpha value is -0.490. The van der Waals surface area contributed by atoms with Crippen LogP contribution in [-0.2, 0) is 38.1 Å². The molecule has 13 atom stereocenters. The Bertz CT molecular complexity index is 925. The van der Waals surface area contributed by atoms with E-state index in [0.717, 1.165) is 6.92 Å². The molecule has 18 nitrogen and oxygen atoms in total. The smallest absolute Gasteiger partial charge is 0.547 e. The summed E-state index contributed by atoms with van der Waals surface area (Å²) in [6.07, 6.45) is -22.7. The largest absolute Gasteiger partial charge is 1.00 e. The molecular formula is C20H27NNa2O17. The number of carboxylic acids is 2. The molecule has 3 heterocycles. The number of amides is 1. The molecule has 0 aromatic carbocycles. The molecule has 0 aromatic heterocycles. The molecule has 0 unspecified atom stereocenters. The minimum absolute atomic E-state index is 0. The van der Waals surface area contributed by atoms with Gasteiger partial charge in [0.25, 0.3) is 0 Å². The molecule has 0 radical (unpaired) electrons. The quantitative estimate of drug-likeness (QED) is 0.120. The average Bonchev–Trinajstić information content (AvgIpc) is 2.84. The monoisotopic (exact) mass is 599 g/mol. The van der Waals surface area contributed by atoms with Crippen molar-refractivity contribution in [1.29, 1.82) is 0 Å². The number of ether oxygens (including phenoxy) is 5. The van der Waals surface area contributed by atoms with Crippen LogP contribution in [0.4, 0.5) is 0 Å². The van der Waals surface area contributed by atoms with Gasteiger partial charge >= 0.3 is 59.1 Å². The maximum absolute atomic E-state index is 12.0. The fourth-order valence-electron chi connectivity index (χ4n) is 4.11. The van der Waals surface area contributed by atoms with Crippen LogP contribution in [-0.4, -0.2) is 140 Å². The molecule has 8 N–H and O–H groups in total. The topological polar surface area (TPSA) is 297 Å². The molecule has 0 aliphatic carbocycles. The second-order valence-corrected chi connectivity index (χ2v) is 8.68. The summed E-state index contributed by atoms with van der Waals surface area (Å²) >= 11 is 0.